The van der Waals surface area contributed by atoms with Gasteiger partial charge in [-0.05, 0) is 56.3 Å². The largest absolute Gasteiger partial charge is 0.375 e. The molecule has 0 amide bonds. The van der Waals surface area contributed by atoms with Crippen LogP contribution in [0, 0.1) is 16.7 Å². The second-order valence-electron chi connectivity index (χ2n) is 7.88. The molecule has 0 bridgehead atoms. The Morgan fingerprint density at radius 3 is 2.38 bits per heavy atom. The van der Waals surface area contributed by atoms with E-state index in [1.807, 2.05) is 0 Å². The lowest BCUT2D eigenvalue weighted by atomic mass is 9.61. The first-order valence-corrected chi connectivity index (χ1v) is 6.87. The molecule has 2 unspecified atom stereocenters. The van der Waals surface area contributed by atoms with Crippen LogP contribution in [0.5, 0.6) is 0 Å². The van der Waals surface area contributed by atoms with Gasteiger partial charge in [-0.2, -0.15) is 0 Å². The Labute approximate surface area is 101 Å². The van der Waals surface area contributed by atoms with Crippen LogP contribution < -0.4 is 0 Å². The maximum atomic E-state index is 5.99. The first-order valence-electron chi connectivity index (χ1n) is 6.87. The van der Waals surface area contributed by atoms with Gasteiger partial charge in [0.05, 0.1) is 12.2 Å². The zero-order valence-corrected chi connectivity index (χ0v) is 11.7. The van der Waals surface area contributed by atoms with Crippen molar-refractivity contribution in [3.63, 3.8) is 0 Å². The molecular formula is C15H28O. The van der Waals surface area contributed by atoms with Gasteiger partial charge in [0, 0.05) is 0 Å². The topological polar surface area (TPSA) is 9.23 Å². The smallest absolute Gasteiger partial charge is 0.0632 e. The quantitative estimate of drug-likeness (QED) is 0.592. The predicted octanol–water partition coefficient (Wildman–Crippen LogP) is 4.41. The molecule has 1 saturated heterocycles. The standard InChI is InChI=1S/C15H28O/c1-13(2,3)12-7-6-8-15(9-12)10-14(4,5)16-11-15/h12H,6-11H2,1-5H3. The van der Waals surface area contributed by atoms with Gasteiger partial charge < -0.3 is 4.74 Å². The molecule has 1 heterocycles. The Kier molecular flexibility index (Phi) is 2.89. The molecule has 1 aliphatic carbocycles. The van der Waals surface area contributed by atoms with E-state index in [-0.39, 0.29) is 5.60 Å². The van der Waals surface area contributed by atoms with Gasteiger partial charge in [0.2, 0.25) is 0 Å². The van der Waals surface area contributed by atoms with E-state index in [9.17, 15) is 0 Å². The third-order valence-electron chi connectivity index (χ3n) is 4.73. The SMILES string of the molecule is CC1(C)CC2(CCCC(C(C)(C)C)C2)CO1. The molecule has 0 N–H and O–H groups in total. The van der Waals surface area contributed by atoms with Gasteiger partial charge in [-0.25, -0.2) is 0 Å². The van der Waals surface area contributed by atoms with Crippen LogP contribution in [0.1, 0.15) is 66.7 Å². The van der Waals surface area contributed by atoms with Crippen LogP contribution in [0.15, 0.2) is 0 Å². The molecule has 2 atom stereocenters. The number of rotatable bonds is 0. The van der Waals surface area contributed by atoms with Crippen molar-refractivity contribution >= 4 is 0 Å². The van der Waals surface area contributed by atoms with Crippen molar-refractivity contribution in [1.82, 2.24) is 0 Å². The minimum atomic E-state index is 0.125. The van der Waals surface area contributed by atoms with Gasteiger partial charge in [-0.15, -0.1) is 0 Å². The molecular weight excluding hydrogens is 196 g/mol. The maximum Gasteiger partial charge on any atom is 0.0632 e. The van der Waals surface area contributed by atoms with Crippen molar-refractivity contribution in [3.05, 3.63) is 0 Å². The van der Waals surface area contributed by atoms with Gasteiger partial charge in [0.1, 0.15) is 0 Å². The molecule has 16 heavy (non-hydrogen) atoms. The molecule has 1 aliphatic heterocycles. The van der Waals surface area contributed by atoms with E-state index in [2.05, 4.69) is 34.6 Å². The van der Waals surface area contributed by atoms with Crippen LogP contribution in [0.25, 0.3) is 0 Å². The van der Waals surface area contributed by atoms with E-state index < -0.39 is 0 Å². The van der Waals surface area contributed by atoms with Crippen LogP contribution in [0.3, 0.4) is 0 Å². The van der Waals surface area contributed by atoms with Crippen molar-refractivity contribution in [2.75, 3.05) is 6.61 Å². The Hall–Kier alpha value is -0.0400. The highest BCUT2D eigenvalue weighted by Gasteiger charge is 2.48. The van der Waals surface area contributed by atoms with Crippen molar-refractivity contribution in [2.24, 2.45) is 16.7 Å². The normalized spacial score (nSPS) is 39.2. The molecule has 94 valence electrons. The maximum absolute atomic E-state index is 5.99. The number of hydrogen-bond donors (Lipinski definition) is 0. The molecule has 0 aromatic rings. The molecule has 1 spiro atoms. The van der Waals surface area contributed by atoms with Gasteiger partial charge >= 0.3 is 0 Å². The summed E-state index contributed by atoms with van der Waals surface area (Å²) in [4.78, 5) is 0. The summed E-state index contributed by atoms with van der Waals surface area (Å²) in [6.45, 7) is 12.7. The van der Waals surface area contributed by atoms with Crippen molar-refractivity contribution in [2.45, 2.75) is 72.3 Å². The second kappa shape index (κ2) is 3.73. The average molecular weight is 224 g/mol. The number of ether oxygens (including phenoxy) is 1. The zero-order chi connectivity index (χ0) is 12.0. The monoisotopic (exact) mass is 224 g/mol. The summed E-state index contributed by atoms with van der Waals surface area (Å²) in [5.41, 5.74) is 1.11. The van der Waals surface area contributed by atoms with E-state index in [0.717, 1.165) is 12.5 Å². The summed E-state index contributed by atoms with van der Waals surface area (Å²) in [6, 6.07) is 0. The van der Waals surface area contributed by atoms with Crippen LogP contribution in [-0.2, 0) is 4.74 Å². The average Bonchev–Trinajstić information content (AvgIpc) is 2.40. The fraction of sp³-hybridized carbons (Fsp3) is 1.00. The highest BCUT2D eigenvalue weighted by atomic mass is 16.5. The van der Waals surface area contributed by atoms with Gasteiger partial charge in [-0.1, -0.05) is 27.2 Å². The molecule has 2 aliphatic rings. The van der Waals surface area contributed by atoms with Crippen LogP contribution in [0.2, 0.25) is 0 Å². The molecule has 0 aromatic heterocycles. The minimum Gasteiger partial charge on any atom is -0.375 e. The molecule has 1 nitrogen and oxygen atoms in total. The lowest BCUT2D eigenvalue weighted by Crippen LogP contribution is -2.35. The van der Waals surface area contributed by atoms with Crippen LogP contribution in [0.4, 0.5) is 0 Å². The molecule has 0 radical (unpaired) electrons. The lowest BCUT2D eigenvalue weighted by molar-refractivity contribution is 0.0201. The Balaban J connectivity index is 2.08. The summed E-state index contributed by atoms with van der Waals surface area (Å²) in [5, 5.41) is 0. The number of hydrogen-bond acceptors (Lipinski definition) is 1. The Bertz CT molecular complexity index is 261. The summed E-state index contributed by atoms with van der Waals surface area (Å²) in [7, 11) is 0. The van der Waals surface area contributed by atoms with E-state index in [1.165, 1.54) is 32.1 Å². The van der Waals surface area contributed by atoms with E-state index in [1.54, 1.807) is 0 Å². The fourth-order valence-electron chi connectivity index (χ4n) is 3.83. The third-order valence-corrected chi connectivity index (χ3v) is 4.73. The Morgan fingerprint density at radius 1 is 1.19 bits per heavy atom. The first kappa shape index (κ1) is 12.4. The highest BCUT2D eigenvalue weighted by molar-refractivity contribution is 4.97. The van der Waals surface area contributed by atoms with Gasteiger partial charge in [0.15, 0.2) is 0 Å². The van der Waals surface area contributed by atoms with Gasteiger partial charge in [0.25, 0.3) is 0 Å². The molecule has 0 aromatic carbocycles. The fourth-order valence-corrected chi connectivity index (χ4v) is 3.83. The molecule has 1 saturated carbocycles. The summed E-state index contributed by atoms with van der Waals surface area (Å²) in [6.07, 6.45) is 6.88. The van der Waals surface area contributed by atoms with Crippen LogP contribution in [-0.4, -0.2) is 12.2 Å². The first-order chi connectivity index (χ1) is 7.23. The van der Waals surface area contributed by atoms with Crippen LogP contribution >= 0.6 is 0 Å². The van der Waals surface area contributed by atoms with Crippen molar-refractivity contribution in [1.29, 1.82) is 0 Å². The highest BCUT2D eigenvalue weighted by Crippen LogP contribution is 2.53. The predicted molar refractivity (Wildman–Crippen MR) is 68.5 cm³/mol. The van der Waals surface area contributed by atoms with E-state index in [0.29, 0.717) is 10.8 Å². The summed E-state index contributed by atoms with van der Waals surface area (Å²) >= 11 is 0. The third kappa shape index (κ3) is 2.45. The zero-order valence-electron chi connectivity index (χ0n) is 11.7. The summed E-state index contributed by atoms with van der Waals surface area (Å²) in [5.74, 6) is 0.888. The molecule has 1 heteroatoms. The Morgan fingerprint density at radius 2 is 1.88 bits per heavy atom. The second-order valence-corrected chi connectivity index (χ2v) is 7.88. The van der Waals surface area contributed by atoms with Crippen molar-refractivity contribution in [3.8, 4) is 0 Å². The van der Waals surface area contributed by atoms with E-state index in [4.69, 9.17) is 4.74 Å². The minimum absolute atomic E-state index is 0.125. The van der Waals surface area contributed by atoms with Crippen molar-refractivity contribution < 1.29 is 4.74 Å². The lowest BCUT2D eigenvalue weighted by Gasteiger charge is -2.43. The molecule has 2 fully saturated rings. The van der Waals surface area contributed by atoms with Gasteiger partial charge in [-0.3, -0.25) is 0 Å². The summed E-state index contributed by atoms with van der Waals surface area (Å²) < 4.78 is 5.99. The molecule has 2 rings (SSSR count). The van der Waals surface area contributed by atoms with E-state index >= 15 is 0 Å².